The molecule has 1 aromatic carbocycles. The normalized spacial score (nSPS) is 9.90. The van der Waals surface area contributed by atoms with Crippen molar-refractivity contribution in [1.29, 1.82) is 0 Å². The van der Waals surface area contributed by atoms with Crippen LogP contribution < -0.4 is 18.9 Å². The largest absolute Gasteiger partial charge is 0.490 e. The zero-order valence-electron chi connectivity index (χ0n) is 11.8. The molecule has 0 spiro atoms. The van der Waals surface area contributed by atoms with Crippen molar-refractivity contribution in [2.24, 2.45) is 0 Å². The number of carbonyl (C=O) groups excluding carboxylic acids is 2. The Bertz CT molecular complexity index is 504. The van der Waals surface area contributed by atoms with Gasteiger partial charge in [0.2, 0.25) is 11.5 Å². The van der Waals surface area contributed by atoms with Crippen molar-refractivity contribution in [3.05, 3.63) is 10.0 Å². The van der Waals surface area contributed by atoms with E-state index in [1.54, 1.807) is 6.92 Å². The Hall–Kier alpha value is -1.76. The van der Waals surface area contributed by atoms with E-state index in [-0.39, 0.29) is 23.0 Å². The molecular formula is C13H15BrO6. The van der Waals surface area contributed by atoms with Crippen LogP contribution in [-0.2, 0) is 9.59 Å². The molecule has 0 fully saturated rings. The molecule has 0 aliphatic heterocycles. The first kappa shape index (κ1) is 16.3. The van der Waals surface area contributed by atoms with Gasteiger partial charge in [0.1, 0.15) is 0 Å². The standard InChI is InChI=1S/C13H15BrO6/c1-6-9(14)11(20-8(3)16)13(18-5)12(17-4)10(6)19-7(2)15/h1-5H3. The SMILES string of the molecule is COc1c(OC(C)=O)c(C)c(Br)c(OC(C)=O)c1OC. The Balaban J connectivity index is 3.61. The highest BCUT2D eigenvalue weighted by Gasteiger charge is 2.26. The Morgan fingerprint density at radius 1 is 0.850 bits per heavy atom. The van der Waals surface area contributed by atoms with E-state index in [0.29, 0.717) is 10.0 Å². The summed E-state index contributed by atoms with van der Waals surface area (Å²) in [7, 11) is 2.79. The number of hydrogen-bond donors (Lipinski definition) is 0. The molecule has 0 aliphatic rings. The topological polar surface area (TPSA) is 71.1 Å². The van der Waals surface area contributed by atoms with Crippen molar-refractivity contribution in [3.8, 4) is 23.0 Å². The van der Waals surface area contributed by atoms with Crippen LogP contribution in [0.3, 0.4) is 0 Å². The number of hydrogen-bond acceptors (Lipinski definition) is 6. The van der Waals surface area contributed by atoms with E-state index in [0.717, 1.165) is 0 Å². The van der Waals surface area contributed by atoms with E-state index in [2.05, 4.69) is 15.9 Å². The van der Waals surface area contributed by atoms with Gasteiger partial charge in [-0.1, -0.05) is 0 Å². The van der Waals surface area contributed by atoms with Gasteiger partial charge < -0.3 is 18.9 Å². The van der Waals surface area contributed by atoms with Crippen molar-refractivity contribution in [2.75, 3.05) is 14.2 Å². The minimum absolute atomic E-state index is 0.163. The number of carbonyl (C=O) groups is 2. The molecule has 0 radical (unpaired) electrons. The second-order valence-electron chi connectivity index (χ2n) is 3.85. The van der Waals surface area contributed by atoms with Crippen molar-refractivity contribution in [1.82, 2.24) is 0 Å². The molecule has 7 heteroatoms. The molecule has 0 N–H and O–H groups in total. The summed E-state index contributed by atoms with van der Waals surface area (Å²) in [6.45, 7) is 4.24. The van der Waals surface area contributed by atoms with Crippen molar-refractivity contribution in [2.45, 2.75) is 20.8 Å². The molecule has 0 heterocycles. The highest BCUT2D eigenvalue weighted by Crippen LogP contribution is 2.51. The quantitative estimate of drug-likeness (QED) is 0.616. The highest BCUT2D eigenvalue weighted by atomic mass is 79.9. The lowest BCUT2D eigenvalue weighted by atomic mass is 10.1. The molecule has 0 aromatic heterocycles. The molecular weight excluding hydrogens is 332 g/mol. The number of halogens is 1. The van der Waals surface area contributed by atoms with Crippen LogP contribution in [0.5, 0.6) is 23.0 Å². The smallest absolute Gasteiger partial charge is 0.308 e. The van der Waals surface area contributed by atoms with Gasteiger partial charge >= 0.3 is 11.9 Å². The van der Waals surface area contributed by atoms with Gasteiger partial charge in [0.15, 0.2) is 11.5 Å². The van der Waals surface area contributed by atoms with Crippen molar-refractivity contribution >= 4 is 27.9 Å². The van der Waals surface area contributed by atoms with Gasteiger partial charge in [0.25, 0.3) is 0 Å². The molecule has 0 aliphatic carbocycles. The predicted molar refractivity (Wildman–Crippen MR) is 74.6 cm³/mol. The molecule has 20 heavy (non-hydrogen) atoms. The molecule has 0 atom stereocenters. The maximum atomic E-state index is 11.2. The van der Waals surface area contributed by atoms with Crippen LogP contribution in [-0.4, -0.2) is 26.2 Å². The second kappa shape index (κ2) is 6.60. The minimum Gasteiger partial charge on any atom is -0.490 e. The maximum absolute atomic E-state index is 11.2. The zero-order valence-corrected chi connectivity index (χ0v) is 13.4. The molecule has 0 amide bonds. The highest BCUT2D eigenvalue weighted by molar-refractivity contribution is 9.10. The number of ether oxygens (including phenoxy) is 4. The van der Waals surface area contributed by atoms with E-state index in [9.17, 15) is 9.59 Å². The molecule has 1 aromatic rings. The summed E-state index contributed by atoms with van der Waals surface area (Å²) in [5, 5.41) is 0. The van der Waals surface area contributed by atoms with Gasteiger partial charge in [-0.2, -0.15) is 0 Å². The minimum atomic E-state index is -0.509. The zero-order chi connectivity index (χ0) is 15.4. The van der Waals surface area contributed by atoms with E-state index < -0.39 is 11.9 Å². The summed E-state index contributed by atoms with van der Waals surface area (Å²) in [4.78, 5) is 22.4. The average Bonchev–Trinajstić information content (AvgIpc) is 2.37. The van der Waals surface area contributed by atoms with Gasteiger partial charge in [0.05, 0.1) is 18.7 Å². The monoisotopic (exact) mass is 346 g/mol. The van der Waals surface area contributed by atoms with Crippen LogP contribution >= 0.6 is 15.9 Å². The van der Waals surface area contributed by atoms with E-state index in [4.69, 9.17) is 18.9 Å². The summed E-state index contributed by atoms with van der Waals surface area (Å²) >= 11 is 3.30. The predicted octanol–water partition coefficient (Wildman–Crippen LogP) is 2.63. The molecule has 110 valence electrons. The number of esters is 2. The first-order chi connectivity index (χ1) is 9.33. The lowest BCUT2D eigenvalue weighted by molar-refractivity contribution is -0.133. The van der Waals surface area contributed by atoms with E-state index >= 15 is 0 Å². The Labute approximate surface area is 125 Å². The first-order valence-corrected chi connectivity index (χ1v) is 6.43. The molecule has 0 unspecified atom stereocenters. The van der Waals surface area contributed by atoms with Crippen LogP contribution in [0.25, 0.3) is 0 Å². The fraction of sp³-hybridized carbons (Fsp3) is 0.385. The number of methoxy groups -OCH3 is 2. The van der Waals surface area contributed by atoms with Gasteiger partial charge in [0, 0.05) is 19.4 Å². The summed E-state index contributed by atoms with van der Waals surface area (Å²) in [5.41, 5.74) is 0.550. The summed E-state index contributed by atoms with van der Waals surface area (Å²) < 4.78 is 21.1. The third-order valence-corrected chi connectivity index (χ3v) is 3.34. The van der Waals surface area contributed by atoms with Crippen molar-refractivity contribution in [3.63, 3.8) is 0 Å². The van der Waals surface area contributed by atoms with Crippen LogP contribution in [0.15, 0.2) is 4.47 Å². The van der Waals surface area contributed by atoms with E-state index in [1.165, 1.54) is 28.1 Å². The van der Waals surface area contributed by atoms with Crippen LogP contribution in [0, 0.1) is 6.92 Å². The molecule has 1 rings (SSSR count). The van der Waals surface area contributed by atoms with E-state index in [1.807, 2.05) is 0 Å². The van der Waals surface area contributed by atoms with Gasteiger partial charge in [-0.25, -0.2) is 0 Å². The lowest BCUT2D eigenvalue weighted by Crippen LogP contribution is -2.09. The molecule has 6 nitrogen and oxygen atoms in total. The van der Waals surface area contributed by atoms with Crippen molar-refractivity contribution < 1.29 is 28.5 Å². The maximum Gasteiger partial charge on any atom is 0.308 e. The number of benzene rings is 1. The summed E-state index contributed by atoms with van der Waals surface area (Å²) in [6, 6.07) is 0. The van der Waals surface area contributed by atoms with Gasteiger partial charge in [-0.3, -0.25) is 9.59 Å². The first-order valence-electron chi connectivity index (χ1n) is 5.64. The second-order valence-corrected chi connectivity index (χ2v) is 4.64. The third kappa shape index (κ3) is 3.22. The summed E-state index contributed by atoms with van der Waals surface area (Å²) in [5.74, 6) is -0.285. The fourth-order valence-corrected chi connectivity index (χ4v) is 2.06. The van der Waals surface area contributed by atoms with Crippen LogP contribution in [0.4, 0.5) is 0 Å². The van der Waals surface area contributed by atoms with Crippen LogP contribution in [0.1, 0.15) is 19.4 Å². The Kier molecular flexibility index (Phi) is 5.38. The molecule has 0 saturated heterocycles. The molecule has 0 bridgehead atoms. The fourth-order valence-electron chi connectivity index (χ4n) is 1.62. The average molecular weight is 347 g/mol. The number of rotatable bonds is 4. The third-order valence-electron chi connectivity index (χ3n) is 2.39. The Morgan fingerprint density at radius 3 is 1.65 bits per heavy atom. The lowest BCUT2D eigenvalue weighted by Gasteiger charge is -2.19. The van der Waals surface area contributed by atoms with Crippen LogP contribution in [0.2, 0.25) is 0 Å². The molecule has 0 saturated carbocycles. The summed E-state index contributed by atoms with van der Waals surface area (Å²) in [6.07, 6.45) is 0. The Morgan fingerprint density at radius 2 is 1.25 bits per heavy atom. The van der Waals surface area contributed by atoms with Gasteiger partial charge in [-0.15, -0.1) is 0 Å². The van der Waals surface area contributed by atoms with Gasteiger partial charge in [-0.05, 0) is 22.9 Å².